The number of fused-ring (bicyclic) bond motifs is 1. The first-order valence-electron chi connectivity index (χ1n) is 3.84. The Balaban J connectivity index is 2.55. The maximum Gasteiger partial charge on any atom is 0.451 e. The van der Waals surface area contributed by atoms with E-state index in [-0.39, 0.29) is 11.7 Å². The second-order valence-electron chi connectivity index (χ2n) is 2.67. The molecule has 0 radical (unpaired) electrons. The summed E-state index contributed by atoms with van der Waals surface area (Å²) in [6, 6.07) is 0.0959. The first kappa shape index (κ1) is 9.69. The SMILES string of the molecule is COc1nc2nc(C(F)(F)F)ncc2[nH]1. The maximum atomic E-state index is 12.2. The van der Waals surface area contributed by atoms with Gasteiger partial charge >= 0.3 is 6.18 Å². The number of hydrogen-bond donors (Lipinski definition) is 1. The van der Waals surface area contributed by atoms with Crippen LogP contribution in [-0.4, -0.2) is 27.0 Å². The smallest absolute Gasteiger partial charge is 0.451 e. The standard InChI is InChI=1S/C7H5F3N4O/c1-15-6-12-3-2-11-5(7(8,9)10)13-4(3)14-6/h2H,1H3,(H,11,12,13,14). The minimum atomic E-state index is -4.57. The highest BCUT2D eigenvalue weighted by atomic mass is 19.4. The van der Waals surface area contributed by atoms with Crippen LogP contribution in [0.2, 0.25) is 0 Å². The van der Waals surface area contributed by atoms with E-state index in [1.54, 1.807) is 0 Å². The summed E-state index contributed by atoms with van der Waals surface area (Å²) in [4.78, 5) is 12.7. The summed E-state index contributed by atoms with van der Waals surface area (Å²) in [5.41, 5.74) is 0.217. The Morgan fingerprint density at radius 3 is 2.67 bits per heavy atom. The molecule has 0 aromatic carbocycles. The summed E-state index contributed by atoms with van der Waals surface area (Å²) in [7, 11) is 1.34. The molecule has 15 heavy (non-hydrogen) atoms. The van der Waals surface area contributed by atoms with Gasteiger partial charge in [-0.25, -0.2) is 9.97 Å². The predicted molar refractivity (Wildman–Crippen MR) is 43.2 cm³/mol. The molecule has 2 aromatic rings. The van der Waals surface area contributed by atoms with Crippen molar-refractivity contribution in [2.45, 2.75) is 6.18 Å². The summed E-state index contributed by atoms with van der Waals surface area (Å²) >= 11 is 0. The van der Waals surface area contributed by atoms with Gasteiger partial charge in [-0.05, 0) is 0 Å². The highest BCUT2D eigenvalue weighted by molar-refractivity contribution is 5.69. The molecule has 0 aliphatic carbocycles. The zero-order valence-electron chi connectivity index (χ0n) is 7.46. The Hall–Kier alpha value is -1.86. The number of nitrogens with one attached hydrogen (secondary N) is 1. The average molecular weight is 218 g/mol. The van der Waals surface area contributed by atoms with Gasteiger partial charge in [-0.15, -0.1) is 0 Å². The highest BCUT2D eigenvalue weighted by Gasteiger charge is 2.35. The number of methoxy groups -OCH3 is 1. The number of ether oxygens (including phenoxy) is 1. The normalized spacial score (nSPS) is 12.0. The number of halogens is 3. The van der Waals surface area contributed by atoms with Gasteiger partial charge in [-0.3, -0.25) is 0 Å². The molecule has 0 atom stereocenters. The van der Waals surface area contributed by atoms with E-state index < -0.39 is 12.0 Å². The second-order valence-corrected chi connectivity index (χ2v) is 2.67. The molecule has 8 heteroatoms. The van der Waals surface area contributed by atoms with Crippen LogP contribution in [0, 0.1) is 0 Å². The average Bonchev–Trinajstić information content (AvgIpc) is 2.57. The fourth-order valence-electron chi connectivity index (χ4n) is 1.02. The van der Waals surface area contributed by atoms with E-state index in [9.17, 15) is 13.2 Å². The molecule has 0 bridgehead atoms. The van der Waals surface area contributed by atoms with E-state index in [2.05, 4.69) is 19.9 Å². The lowest BCUT2D eigenvalue weighted by Crippen LogP contribution is -2.10. The monoisotopic (exact) mass is 218 g/mol. The van der Waals surface area contributed by atoms with Crippen LogP contribution in [-0.2, 0) is 6.18 Å². The van der Waals surface area contributed by atoms with Crippen molar-refractivity contribution in [3.8, 4) is 6.01 Å². The Labute approximate surface area is 81.3 Å². The van der Waals surface area contributed by atoms with Gasteiger partial charge in [0, 0.05) is 0 Å². The van der Waals surface area contributed by atoms with Gasteiger partial charge in [0.2, 0.25) is 5.82 Å². The van der Waals surface area contributed by atoms with Crippen molar-refractivity contribution in [2.24, 2.45) is 0 Å². The third-order valence-electron chi connectivity index (χ3n) is 1.66. The van der Waals surface area contributed by atoms with E-state index >= 15 is 0 Å². The number of rotatable bonds is 1. The Kier molecular flexibility index (Phi) is 1.98. The lowest BCUT2D eigenvalue weighted by Gasteiger charge is -2.02. The molecule has 2 rings (SSSR count). The number of hydrogen-bond acceptors (Lipinski definition) is 4. The molecule has 2 heterocycles. The van der Waals surface area contributed by atoms with E-state index in [0.29, 0.717) is 5.52 Å². The summed E-state index contributed by atoms with van der Waals surface area (Å²) in [5, 5.41) is 0. The third-order valence-corrected chi connectivity index (χ3v) is 1.66. The molecule has 0 unspecified atom stereocenters. The van der Waals surface area contributed by atoms with Crippen molar-refractivity contribution in [2.75, 3.05) is 7.11 Å². The Morgan fingerprint density at radius 1 is 1.33 bits per heavy atom. The van der Waals surface area contributed by atoms with Crippen molar-refractivity contribution in [1.82, 2.24) is 19.9 Å². The van der Waals surface area contributed by atoms with Crippen molar-refractivity contribution >= 4 is 11.2 Å². The Bertz CT molecular complexity index is 492. The van der Waals surface area contributed by atoms with Crippen LogP contribution in [0.1, 0.15) is 5.82 Å². The minimum absolute atomic E-state index is 0.0748. The number of alkyl halides is 3. The number of H-pyrrole nitrogens is 1. The molecule has 0 spiro atoms. The van der Waals surface area contributed by atoms with Crippen LogP contribution in [0.4, 0.5) is 13.2 Å². The molecular formula is C7H5F3N4O. The highest BCUT2D eigenvalue weighted by Crippen LogP contribution is 2.26. The zero-order valence-corrected chi connectivity index (χ0v) is 7.46. The van der Waals surface area contributed by atoms with Crippen molar-refractivity contribution < 1.29 is 17.9 Å². The van der Waals surface area contributed by atoms with Crippen LogP contribution in [0.25, 0.3) is 11.2 Å². The Morgan fingerprint density at radius 2 is 2.07 bits per heavy atom. The largest absolute Gasteiger partial charge is 0.468 e. The summed E-state index contributed by atoms with van der Waals surface area (Å²) in [6.45, 7) is 0. The lowest BCUT2D eigenvalue weighted by molar-refractivity contribution is -0.144. The molecule has 1 N–H and O–H groups in total. The zero-order chi connectivity index (χ0) is 11.1. The van der Waals surface area contributed by atoms with E-state index in [1.165, 1.54) is 7.11 Å². The molecule has 2 aromatic heterocycles. The van der Waals surface area contributed by atoms with Crippen molar-refractivity contribution in [1.29, 1.82) is 0 Å². The molecular weight excluding hydrogens is 213 g/mol. The van der Waals surface area contributed by atoms with Crippen molar-refractivity contribution in [3.63, 3.8) is 0 Å². The fourth-order valence-corrected chi connectivity index (χ4v) is 1.02. The predicted octanol–water partition coefficient (Wildman–Crippen LogP) is 1.38. The molecule has 0 saturated carbocycles. The molecule has 0 aliphatic rings. The third kappa shape index (κ3) is 1.69. The molecule has 0 amide bonds. The maximum absolute atomic E-state index is 12.2. The van der Waals surface area contributed by atoms with Crippen LogP contribution in [0.15, 0.2) is 6.20 Å². The van der Waals surface area contributed by atoms with Crippen molar-refractivity contribution in [3.05, 3.63) is 12.0 Å². The van der Waals surface area contributed by atoms with E-state index in [1.807, 2.05) is 0 Å². The molecule has 5 nitrogen and oxygen atoms in total. The number of aromatic nitrogens is 4. The van der Waals surface area contributed by atoms with Gasteiger partial charge < -0.3 is 9.72 Å². The van der Waals surface area contributed by atoms with Crippen LogP contribution >= 0.6 is 0 Å². The number of aromatic amines is 1. The molecule has 0 saturated heterocycles. The quantitative estimate of drug-likeness (QED) is 0.785. The van der Waals surface area contributed by atoms with E-state index in [0.717, 1.165) is 6.20 Å². The van der Waals surface area contributed by atoms with Crippen LogP contribution < -0.4 is 4.74 Å². The van der Waals surface area contributed by atoms with Crippen LogP contribution in [0.5, 0.6) is 6.01 Å². The molecule has 0 aliphatic heterocycles. The molecule has 0 fully saturated rings. The first-order chi connectivity index (χ1) is 7.00. The summed E-state index contributed by atoms with van der Waals surface area (Å²) in [6.07, 6.45) is -3.55. The number of nitrogens with zero attached hydrogens (tertiary/aromatic N) is 3. The second kappa shape index (κ2) is 3.07. The van der Waals surface area contributed by atoms with Gasteiger partial charge in [0.15, 0.2) is 5.65 Å². The van der Waals surface area contributed by atoms with Gasteiger partial charge in [0.25, 0.3) is 6.01 Å². The van der Waals surface area contributed by atoms with E-state index in [4.69, 9.17) is 4.74 Å². The summed E-state index contributed by atoms with van der Waals surface area (Å²) in [5.74, 6) is -1.22. The van der Waals surface area contributed by atoms with Gasteiger partial charge in [-0.1, -0.05) is 0 Å². The molecule has 80 valence electrons. The van der Waals surface area contributed by atoms with Gasteiger partial charge in [0.1, 0.15) is 5.52 Å². The summed E-state index contributed by atoms with van der Waals surface area (Å²) < 4.78 is 41.3. The fraction of sp³-hybridized carbons (Fsp3) is 0.286. The lowest BCUT2D eigenvalue weighted by atomic mass is 10.5. The minimum Gasteiger partial charge on any atom is -0.468 e. The topological polar surface area (TPSA) is 63.7 Å². The number of imidazole rings is 1. The van der Waals surface area contributed by atoms with Crippen LogP contribution in [0.3, 0.4) is 0 Å². The van der Waals surface area contributed by atoms with Gasteiger partial charge in [-0.2, -0.15) is 18.2 Å². The first-order valence-corrected chi connectivity index (χ1v) is 3.84. The van der Waals surface area contributed by atoms with Gasteiger partial charge in [0.05, 0.1) is 13.3 Å².